The largest absolute Gasteiger partial charge is 0.497 e. The minimum atomic E-state index is -0.627. The van der Waals surface area contributed by atoms with Crippen molar-refractivity contribution in [1.29, 1.82) is 0 Å². The second-order valence-corrected chi connectivity index (χ2v) is 8.64. The third kappa shape index (κ3) is 5.13. The zero-order chi connectivity index (χ0) is 23.4. The van der Waals surface area contributed by atoms with Crippen LogP contribution < -0.4 is 20.3 Å². The van der Waals surface area contributed by atoms with Crippen molar-refractivity contribution in [1.82, 2.24) is 10.6 Å². The molecule has 2 aromatic carbocycles. The molecule has 1 saturated heterocycles. The predicted molar refractivity (Wildman–Crippen MR) is 128 cm³/mol. The van der Waals surface area contributed by atoms with E-state index in [1.54, 1.807) is 19.2 Å². The summed E-state index contributed by atoms with van der Waals surface area (Å²) >= 11 is 0. The van der Waals surface area contributed by atoms with Gasteiger partial charge in [-0.05, 0) is 80.6 Å². The number of rotatable bonds is 6. The Morgan fingerprint density at radius 3 is 2.27 bits per heavy atom. The van der Waals surface area contributed by atoms with Crippen LogP contribution in [0.2, 0.25) is 0 Å². The van der Waals surface area contributed by atoms with E-state index in [1.807, 2.05) is 38.1 Å². The first-order valence-corrected chi connectivity index (χ1v) is 11.5. The van der Waals surface area contributed by atoms with Crippen molar-refractivity contribution < 1.29 is 19.1 Å². The van der Waals surface area contributed by atoms with Gasteiger partial charge in [0.25, 0.3) is 0 Å². The molecule has 4 rings (SSSR count). The molecule has 0 aromatic heterocycles. The normalized spacial score (nSPS) is 18.6. The van der Waals surface area contributed by atoms with Gasteiger partial charge >= 0.3 is 12.0 Å². The van der Waals surface area contributed by atoms with E-state index >= 15 is 0 Å². The average molecular weight is 450 g/mol. The van der Waals surface area contributed by atoms with Crippen LogP contribution in [0.1, 0.15) is 50.3 Å². The summed E-state index contributed by atoms with van der Waals surface area (Å²) in [5.41, 5.74) is 3.50. The lowest BCUT2D eigenvalue weighted by atomic mass is 9.92. The summed E-state index contributed by atoms with van der Waals surface area (Å²) in [5, 5.41) is 5.73. The first-order chi connectivity index (χ1) is 16.0. The average Bonchev–Trinajstić information content (AvgIpc) is 2.83. The van der Waals surface area contributed by atoms with Crippen LogP contribution in [0.3, 0.4) is 0 Å². The molecule has 2 heterocycles. The van der Waals surface area contributed by atoms with E-state index in [0.717, 1.165) is 24.3 Å². The molecule has 2 aromatic rings. The van der Waals surface area contributed by atoms with E-state index < -0.39 is 12.0 Å². The SMILES string of the molecule is COc1ccc(C2=C(C(=O)OC(C)C)C(c3ccc(N4CCCCC4)cc3)NC(=O)N2)cc1. The van der Waals surface area contributed by atoms with Crippen LogP contribution in [-0.2, 0) is 9.53 Å². The fraction of sp³-hybridized carbons (Fsp3) is 0.385. The monoisotopic (exact) mass is 449 g/mol. The van der Waals surface area contributed by atoms with Crippen LogP contribution in [0.5, 0.6) is 5.75 Å². The first kappa shape index (κ1) is 22.7. The number of urea groups is 1. The minimum Gasteiger partial charge on any atom is -0.497 e. The molecule has 2 amide bonds. The summed E-state index contributed by atoms with van der Waals surface area (Å²) in [7, 11) is 1.59. The van der Waals surface area contributed by atoms with Crippen LogP contribution >= 0.6 is 0 Å². The Balaban J connectivity index is 1.73. The van der Waals surface area contributed by atoms with Crippen LogP contribution in [0, 0.1) is 0 Å². The van der Waals surface area contributed by atoms with E-state index in [0.29, 0.717) is 22.6 Å². The first-order valence-electron chi connectivity index (χ1n) is 11.5. The molecule has 0 saturated carbocycles. The Morgan fingerprint density at radius 1 is 1.00 bits per heavy atom. The molecule has 33 heavy (non-hydrogen) atoms. The molecule has 2 aliphatic heterocycles. The van der Waals surface area contributed by atoms with Crippen molar-refractivity contribution in [2.24, 2.45) is 0 Å². The molecule has 174 valence electrons. The highest BCUT2D eigenvalue weighted by Gasteiger charge is 2.35. The topological polar surface area (TPSA) is 79.9 Å². The van der Waals surface area contributed by atoms with Gasteiger partial charge in [0.2, 0.25) is 0 Å². The van der Waals surface area contributed by atoms with Gasteiger partial charge < -0.3 is 25.0 Å². The van der Waals surface area contributed by atoms with Gasteiger partial charge in [0.1, 0.15) is 5.75 Å². The van der Waals surface area contributed by atoms with Crippen LogP contribution in [0.25, 0.3) is 5.70 Å². The molecule has 1 fully saturated rings. The maximum atomic E-state index is 13.2. The molecule has 1 atom stereocenters. The molecule has 7 heteroatoms. The Morgan fingerprint density at radius 2 is 1.67 bits per heavy atom. The van der Waals surface area contributed by atoms with Crippen LogP contribution in [0.15, 0.2) is 54.1 Å². The summed E-state index contributed by atoms with van der Waals surface area (Å²) in [4.78, 5) is 28.2. The summed E-state index contributed by atoms with van der Waals surface area (Å²) in [6.45, 7) is 5.72. The molecule has 0 bridgehead atoms. The molecule has 2 aliphatic rings. The van der Waals surface area contributed by atoms with E-state index in [4.69, 9.17) is 9.47 Å². The number of piperidine rings is 1. The van der Waals surface area contributed by atoms with Crippen LogP contribution in [0.4, 0.5) is 10.5 Å². The summed E-state index contributed by atoms with van der Waals surface area (Å²) < 4.78 is 10.8. The number of hydrogen-bond donors (Lipinski definition) is 2. The lowest BCUT2D eigenvalue weighted by Gasteiger charge is -2.31. The number of amides is 2. The molecule has 0 spiro atoms. The maximum Gasteiger partial charge on any atom is 0.338 e. The number of methoxy groups -OCH3 is 1. The van der Waals surface area contributed by atoms with Crippen molar-refractivity contribution in [3.8, 4) is 5.75 Å². The lowest BCUT2D eigenvalue weighted by molar-refractivity contribution is -0.143. The van der Waals surface area contributed by atoms with Crippen molar-refractivity contribution >= 4 is 23.4 Å². The number of benzene rings is 2. The lowest BCUT2D eigenvalue weighted by Crippen LogP contribution is -2.45. The standard InChI is InChI=1S/C26H31N3O4/c1-17(2)33-25(30)22-23(18-7-11-20(12-8-18)29-15-5-4-6-16-29)27-26(31)28-24(22)19-9-13-21(32-3)14-10-19/h7-14,17,23H,4-6,15-16H2,1-3H3,(H2,27,28,31). The quantitative estimate of drug-likeness (QED) is 0.639. The second-order valence-electron chi connectivity index (χ2n) is 8.64. The number of nitrogens with zero attached hydrogens (tertiary/aromatic N) is 1. The molecule has 2 N–H and O–H groups in total. The Kier molecular flexibility index (Phi) is 6.87. The fourth-order valence-corrected chi connectivity index (χ4v) is 4.33. The van der Waals surface area contributed by atoms with E-state index in [1.165, 1.54) is 19.3 Å². The van der Waals surface area contributed by atoms with Gasteiger partial charge in [-0.2, -0.15) is 0 Å². The van der Waals surface area contributed by atoms with Crippen molar-refractivity contribution in [3.63, 3.8) is 0 Å². The van der Waals surface area contributed by atoms with Gasteiger partial charge in [0.05, 0.1) is 30.5 Å². The second kappa shape index (κ2) is 9.98. The predicted octanol–water partition coefficient (Wildman–Crippen LogP) is 4.40. The molecule has 0 radical (unpaired) electrons. The van der Waals surface area contributed by atoms with Gasteiger partial charge in [-0.15, -0.1) is 0 Å². The van der Waals surface area contributed by atoms with Gasteiger partial charge in [-0.3, -0.25) is 0 Å². The van der Waals surface area contributed by atoms with E-state index in [9.17, 15) is 9.59 Å². The van der Waals surface area contributed by atoms with Gasteiger partial charge in [-0.25, -0.2) is 9.59 Å². The Bertz CT molecular complexity index is 1020. The number of carbonyl (C=O) groups excluding carboxylic acids is 2. The van der Waals surface area contributed by atoms with E-state index in [2.05, 4.69) is 27.7 Å². The van der Waals surface area contributed by atoms with Gasteiger partial charge in [0.15, 0.2) is 0 Å². The van der Waals surface area contributed by atoms with Gasteiger partial charge in [-0.1, -0.05) is 12.1 Å². The zero-order valence-corrected chi connectivity index (χ0v) is 19.4. The third-order valence-corrected chi connectivity index (χ3v) is 5.96. The number of anilines is 1. The van der Waals surface area contributed by atoms with Gasteiger partial charge in [0, 0.05) is 18.8 Å². The summed E-state index contributed by atoms with van der Waals surface area (Å²) in [5.74, 6) is 0.226. The Hall–Kier alpha value is -3.48. The Labute approximate surface area is 194 Å². The summed E-state index contributed by atoms with van der Waals surface area (Å²) in [6, 6.07) is 14.3. The van der Waals surface area contributed by atoms with Crippen LogP contribution in [-0.4, -0.2) is 38.3 Å². The number of ether oxygens (including phenoxy) is 2. The van der Waals surface area contributed by atoms with Crippen molar-refractivity contribution in [3.05, 3.63) is 65.2 Å². The smallest absolute Gasteiger partial charge is 0.338 e. The number of nitrogens with one attached hydrogen (secondary N) is 2. The third-order valence-electron chi connectivity index (χ3n) is 5.96. The number of hydrogen-bond acceptors (Lipinski definition) is 5. The molecular formula is C26H31N3O4. The number of esters is 1. The highest BCUT2D eigenvalue weighted by molar-refractivity contribution is 6.04. The zero-order valence-electron chi connectivity index (χ0n) is 19.4. The molecule has 0 aliphatic carbocycles. The van der Waals surface area contributed by atoms with Crippen molar-refractivity contribution in [2.45, 2.75) is 45.3 Å². The number of carbonyl (C=O) groups is 2. The molecular weight excluding hydrogens is 418 g/mol. The maximum absolute atomic E-state index is 13.2. The fourth-order valence-electron chi connectivity index (χ4n) is 4.33. The minimum absolute atomic E-state index is 0.290. The highest BCUT2D eigenvalue weighted by Crippen LogP contribution is 2.34. The molecule has 7 nitrogen and oxygen atoms in total. The molecule has 1 unspecified atom stereocenters. The summed E-state index contributed by atoms with van der Waals surface area (Å²) in [6.07, 6.45) is 3.38. The van der Waals surface area contributed by atoms with Crippen molar-refractivity contribution in [2.75, 3.05) is 25.1 Å². The van der Waals surface area contributed by atoms with E-state index in [-0.39, 0.29) is 12.1 Å². The highest BCUT2D eigenvalue weighted by atomic mass is 16.5.